The molecular formula is C19H26N4O2. The normalized spacial score (nSPS) is 17.5. The van der Waals surface area contributed by atoms with Crippen molar-refractivity contribution in [2.24, 2.45) is 0 Å². The molecule has 1 fully saturated rings. The van der Waals surface area contributed by atoms with Gasteiger partial charge in [-0.3, -0.25) is 4.79 Å². The first kappa shape index (κ1) is 17.5. The van der Waals surface area contributed by atoms with E-state index in [-0.39, 0.29) is 11.9 Å². The van der Waals surface area contributed by atoms with Crippen LogP contribution >= 0.6 is 0 Å². The maximum Gasteiger partial charge on any atom is 0.224 e. The quantitative estimate of drug-likeness (QED) is 0.872. The fourth-order valence-corrected chi connectivity index (χ4v) is 3.34. The molecule has 1 saturated heterocycles. The van der Waals surface area contributed by atoms with Crippen LogP contribution in [0, 0.1) is 0 Å². The van der Waals surface area contributed by atoms with Crippen LogP contribution in [0.5, 0.6) is 5.75 Å². The van der Waals surface area contributed by atoms with Crippen molar-refractivity contribution in [1.82, 2.24) is 19.8 Å². The Bertz CT molecular complexity index is 696. The van der Waals surface area contributed by atoms with Crippen molar-refractivity contribution in [1.29, 1.82) is 0 Å². The highest BCUT2D eigenvalue weighted by Gasteiger charge is 2.27. The largest absolute Gasteiger partial charge is 0.497 e. The third-order valence-corrected chi connectivity index (χ3v) is 4.75. The molecule has 6 heteroatoms. The summed E-state index contributed by atoms with van der Waals surface area (Å²) in [7, 11) is 1.66. The molecule has 0 spiro atoms. The molecule has 0 radical (unpaired) electrons. The van der Waals surface area contributed by atoms with E-state index in [0.29, 0.717) is 13.0 Å². The van der Waals surface area contributed by atoms with Crippen molar-refractivity contribution in [3.63, 3.8) is 0 Å². The van der Waals surface area contributed by atoms with Crippen molar-refractivity contribution in [2.75, 3.05) is 26.7 Å². The summed E-state index contributed by atoms with van der Waals surface area (Å²) in [6.45, 7) is 5.12. The van der Waals surface area contributed by atoms with Gasteiger partial charge in [0.1, 0.15) is 11.6 Å². The number of aromatic nitrogens is 2. The lowest BCUT2D eigenvalue weighted by atomic mass is 10.0. The van der Waals surface area contributed by atoms with E-state index in [1.165, 1.54) is 0 Å². The van der Waals surface area contributed by atoms with E-state index in [9.17, 15) is 4.79 Å². The van der Waals surface area contributed by atoms with E-state index in [4.69, 9.17) is 4.74 Å². The van der Waals surface area contributed by atoms with Crippen LogP contribution in [0.15, 0.2) is 36.7 Å². The number of rotatable bonds is 6. The first-order valence-electron chi connectivity index (χ1n) is 8.87. The average Bonchev–Trinajstić information content (AvgIpc) is 3.14. The first-order valence-corrected chi connectivity index (χ1v) is 8.87. The van der Waals surface area contributed by atoms with Gasteiger partial charge in [-0.05, 0) is 17.7 Å². The molecule has 2 aromatic rings. The van der Waals surface area contributed by atoms with Gasteiger partial charge in [-0.15, -0.1) is 0 Å². The zero-order valence-corrected chi connectivity index (χ0v) is 14.9. The minimum atomic E-state index is 0.0700. The van der Waals surface area contributed by atoms with Gasteiger partial charge in [0.05, 0.1) is 13.2 Å². The highest BCUT2D eigenvalue weighted by Crippen LogP contribution is 2.25. The van der Waals surface area contributed by atoms with Crippen molar-refractivity contribution >= 4 is 5.91 Å². The number of amides is 1. The SMILES string of the molecule is CCc1nccn1CCC(=O)N1CCNC[C@@H]1c1ccc(OC)cc1. The average molecular weight is 342 g/mol. The fourth-order valence-electron chi connectivity index (χ4n) is 3.34. The molecule has 3 rings (SSSR count). The molecule has 0 aliphatic carbocycles. The number of nitrogens with zero attached hydrogens (tertiary/aromatic N) is 3. The van der Waals surface area contributed by atoms with Gasteiger partial charge in [-0.1, -0.05) is 19.1 Å². The lowest BCUT2D eigenvalue weighted by molar-refractivity contribution is -0.134. The van der Waals surface area contributed by atoms with Crippen LogP contribution in [0.3, 0.4) is 0 Å². The van der Waals surface area contributed by atoms with Crippen LogP contribution in [0.2, 0.25) is 0 Å². The minimum absolute atomic E-state index is 0.0700. The van der Waals surface area contributed by atoms with Crippen molar-refractivity contribution in [3.8, 4) is 5.75 Å². The zero-order valence-electron chi connectivity index (χ0n) is 14.9. The van der Waals surface area contributed by atoms with Crippen LogP contribution in [0.4, 0.5) is 0 Å². The second-order valence-corrected chi connectivity index (χ2v) is 6.22. The van der Waals surface area contributed by atoms with Gasteiger partial charge >= 0.3 is 0 Å². The number of imidazole rings is 1. The van der Waals surface area contributed by atoms with Gasteiger partial charge in [0.2, 0.25) is 5.91 Å². The number of nitrogens with one attached hydrogen (secondary N) is 1. The van der Waals surface area contributed by atoms with Crippen LogP contribution in [-0.4, -0.2) is 47.1 Å². The van der Waals surface area contributed by atoms with Crippen LogP contribution in [0.1, 0.15) is 30.8 Å². The van der Waals surface area contributed by atoms with E-state index in [1.807, 2.05) is 35.4 Å². The lowest BCUT2D eigenvalue weighted by Crippen LogP contribution is -2.48. The van der Waals surface area contributed by atoms with Crippen molar-refractivity contribution in [3.05, 3.63) is 48.0 Å². The molecule has 0 unspecified atom stereocenters. The number of carbonyl (C=O) groups is 1. The Kier molecular flexibility index (Phi) is 5.71. The summed E-state index contributed by atoms with van der Waals surface area (Å²) in [5.41, 5.74) is 1.14. The second kappa shape index (κ2) is 8.16. The molecule has 25 heavy (non-hydrogen) atoms. The third kappa shape index (κ3) is 4.02. The van der Waals surface area contributed by atoms with E-state index in [0.717, 1.165) is 43.2 Å². The topological polar surface area (TPSA) is 59.4 Å². The maximum atomic E-state index is 12.8. The van der Waals surface area contributed by atoms with Gasteiger partial charge < -0.3 is 19.5 Å². The van der Waals surface area contributed by atoms with Gasteiger partial charge in [0.15, 0.2) is 0 Å². The predicted molar refractivity (Wildman–Crippen MR) is 96.5 cm³/mol. The summed E-state index contributed by atoms with van der Waals surface area (Å²) in [6.07, 6.45) is 5.12. The summed E-state index contributed by atoms with van der Waals surface area (Å²) < 4.78 is 7.30. The lowest BCUT2D eigenvalue weighted by Gasteiger charge is -2.36. The molecule has 0 saturated carbocycles. The fraction of sp³-hybridized carbons (Fsp3) is 0.474. The van der Waals surface area contributed by atoms with Gasteiger partial charge in [-0.2, -0.15) is 0 Å². The number of ether oxygens (including phenoxy) is 1. The van der Waals surface area contributed by atoms with Gasteiger partial charge in [0, 0.05) is 51.4 Å². The number of carbonyl (C=O) groups excluding carboxylic acids is 1. The van der Waals surface area contributed by atoms with E-state index >= 15 is 0 Å². The van der Waals surface area contributed by atoms with E-state index in [1.54, 1.807) is 13.3 Å². The summed E-state index contributed by atoms with van der Waals surface area (Å²) in [4.78, 5) is 19.2. The molecule has 6 nitrogen and oxygen atoms in total. The Hall–Kier alpha value is -2.34. The van der Waals surface area contributed by atoms with Crippen LogP contribution < -0.4 is 10.1 Å². The summed E-state index contributed by atoms with van der Waals surface area (Å²) in [6, 6.07) is 8.06. The number of hydrogen-bond acceptors (Lipinski definition) is 4. The predicted octanol–water partition coefficient (Wildman–Crippen LogP) is 2.02. The Labute approximate surface area is 148 Å². The number of piperazine rings is 1. The van der Waals surface area contributed by atoms with Crippen molar-refractivity contribution in [2.45, 2.75) is 32.4 Å². The smallest absolute Gasteiger partial charge is 0.224 e. The highest BCUT2D eigenvalue weighted by atomic mass is 16.5. The Morgan fingerprint density at radius 2 is 2.16 bits per heavy atom. The molecule has 1 N–H and O–H groups in total. The molecule has 1 aromatic heterocycles. The van der Waals surface area contributed by atoms with Crippen LogP contribution in [-0.2, 0) is 17.8 Å². The summed E-state index contributed by atoms with van der Waals surface area (Å²) in [5.74, 6) is 2.05. The second-order valence-electron chi connectivity index (χ2n) is 6.22. The summed E-state index contributed by atoms with van der Waals surface area (Å²) in [5, 5.41) is 3.39. The molecule has 1 aliphatic rings. The molecule has 134 valence electrons. The molecule has 1 aromatic carbocycles. The Morgan fingerprint density at radius 1 is 1.36 bits per heavy atom. The van der Waals surface area contributed by atoms with Crippen molar-refractivity contribution < 1.29 is 9.53 Å². The molecule has 0 bridgehead atoms. The van der Waals surface area contributed by atoms with Gasteiger partial charge in [-0.25, -0.2) is 4.98 Å². The molecule has 1 aliphatic heterocycles. The Balaban J connectivity index is 1.68. The number of hydrogen-bond donors (Lipinski definition) is 1. The highest BCUT2D eigenvalue weighted by molar-refractivity contribution is 5.77. The molecule has 2 heterocycles. The van der Waals surface area contributed by atoms with E-state index in [2.05, 4.69) is 21.8 Å². The van der Waals surface area contributed by atoms with E-state index < -0.39 is 0 Å². The summed E-state index contributed by atoms with van der Waals surface area (Å²) >= 11 is 0. The molecular weight excluding hydrogens is 316 g/mol. The molecule has 1 atom stereocenters. The number of aryl methyl sites for hydroxylation is 2. The zero-order chi connectivity index (χ0) is 17.6. The number of benzene rings is 1. The minimum Gasteiger partial charge on any atom is -0.497 e. The maximum absolute atomic E-state index is 12.8. The first-order chi connectivity index (χ1) is 12.2. The monoisotopic (exact) mass is 342 g/mol. The van der Waals surface area contributed by atoms with Crippen LogP contribution in [0.25, 0.3) is 0 Å². The third-order valence-electron chi connectivity index (χ3n) is 4.75. The molecule has 1 amide bonds. The Morgan fingerprint density at radius 3 is 2.88 bits per heavy atom. The van der Waals surface area contributed by atoms with Gasteiger partial charge in [0.25, 0.3) is 0 Å². The standard InChI is InChI=1S/C19H26N4O2/c1-3-18-21-10-12-22(18)11-8-19(24)23-13-9-20-14-17(23)15-4-6-16(25-2)7-5-15/h4-7,10,12,17,20H,3,8-9,11,13-14H2,1-2H3/t17-/m1/s1. The number of methoxy groups -OCH3 is 1.